The summed E-state index contributed by atoms with van der Waals surface area (Å²) in [5, 5.41) is 12.4. The zero-order chi connectivity index (χ0) is 14.4. The van der Waals surface area contributed by atoms with Gasteiger partial charge < -0.3 is 10.4 Å². The molecule has 0 unspecified atom stereocenters. The van der Waals surface area contributed by atoms with Gasteiger partial charge in [0.25, 0.3) is 0 Å². The topological polar surface area (TPSA) is 32.3 Å². The van der Waals surface area contributed by atoms with Gasteiger partial charge in [0.2, 0.25) is 0 Å². The number of aliphatic hydroxyl groups excluding tert-OH is 1. The first kappa shape index (κ1) is 14.6. The van der Waals surface area contributed by atoms with Gasteiger partial charge >= 0.3 is 0 Å². The second kappa shape index (κ2) is 7.12. The molecule has 0 saturated carbocycles. The van der Waals surface area contributed by atoms with E-state index < -0.39 is 11.6 Å². The molecule has 0 saturated heterocycles. The lowest BCUT2D eigenvalue weighted by atomic mass is 10.1. The van der Waals surface area contributed by atoms with Crippen LogP contribution in [0.5, 0.6) is 0 Å². The Morgan fingerprint density at radius 3 is 2.45 bits per heavy atom. The number of hydrogen-bond donors (Lipinski definition) is 2. The fourth-order valence-electron chi connectivity index (χ4n) is 2.02. The quantitative estimate of drug-likeness (QED) is 0.851. The largest absolute Gasteiger partial charge is 0.395 e. The van der Waals surface area contributed by atoms with E-state index in [0.717, 1.165) is 11.6 Å². The van der Waals surface area contributed by atoms with Crippen LogP contribution in [0.25, 0.3) is 0 Å². The molecule has 2 nitrogen and oxygen atoms in total. The van der Waals surface area contributed by atoms with Crippen LogP contribution in [0.1, 0.15) is 11.1 Å². The van der Waals surface area contributed by atoms with Crippen molar-refractivity contribution in [2.24, 2.45) is 0 Å². The Hall–Kier alpha value is -1.78. The van der Waals surface area contributed by atoms with Crippen molar-refractivity contribution >= 4 is 0 Å². The lowest BCUT2D eigenvalue weighted by Crippen LogP contribution is -2.34. The molecule has 0 aliphatic heterocycles. The fourth-order valence-corrected chi connectivity index (χ4v) is 2.02. The maximum absolute atomic E-state index is 13.5. The molecule has 0 spiro atoms. The Bertz CT molecular complexity index is 545. The Balaban J connectivity index is 1.93. The summed E-state index contributed by atoms with van der Waals surface area (Å²) < 4.78 is 26.3. The van der Waals surface area contributed by atoms with Gasteiger partial charge in [-0.2, -0.15) is 0 Å². The minimum atomic E-state index is -0.589. The van der Waals surface area contributed by atoms with Crippen molar-refractivity contribution in [3.8, 4) is 0 Å². The van der Waals surface area contributed by atoms with Crippen molar-refractivity contribution in [2.45, 2.75) is 19.0 Å². The van der Waals surface area contributed by atoms with E-state index in [-0.39, 0.29) is 19.2 Å². The van der Waals surface area contributed by atoms with Crippen molar-refractivity contribution in [2.75, 3.05) is 6.61 Å². The Kier molecular flexibility index (Phi) is 5.21. The molecule has 0 heterocycles. The van der Waals surface area contributed by atoms with Crippen LogP contribution >= 0.6 is 0 Å². The molecule has 2 rings (SSSR count). The molecule has 0 aliphatic carbocycles. The second-order valence-electron chi connectivity index (χ2n) is 4.69. The minimum absolute atomic E-state index is 0.0439. The van der Waals surface area contributed by atoms with Crippen molar-refractivity contribution < 1.29 is 13.9 Å². The summed E-state index contributed by atoms with van der Waals surface area (Å²) in [5.41, 5.74) is 1.48. The van der Waals surface area contributed by atoms with Gasteiger partial charge in [-0.1, -0.05) is 36.4 Å². The molecule has 1 atom stereocenters. The Labute approximate surface area is 117 Å². The summed E-state index contributed by atoms with van der Waals surface area (Å²) in [6, 6.07) is 13.1. The molecule has 106 valence electrons. The van der Waals surface area contributed by atoms with E-state index in [2.05, 4.69) is 5.32 Å². The van der Waals surface area contributed by atoms with E-state index in [4.69, 9.17) is 0 Å². The van der Waals surface area contributed by atoms with Crippen LogP contribution < -0.4 is 5.32 Å². The average molecular weight is 277 g/mol. The van der Waals surface area contributed by atoms with Crippen LogP contribution in [0, 0.1) is 11.6 Å². The van der Waals surface area contributed by atoms with Gasteiger partial charge in [0.05, 0.1) is 6.61 Å². The smallest absolute Gasteiger partial charge is 0.130 e. The van der Waals surface area contributed by atoms with Gasteiger partial charge in [0.1, 0.15) is 11.6 Å². The maximum Gasteiger partial charge on any atom is 0.130 e. The second-order valence-corrected chi connectivity index (χ2v) is 4.69. The zero-order valence-electron chi connectivity index (χ0n) is 11.0. The Morgan fingerprint density at radius 1 is 1.05 bits per heavy atom. The summed E-state index contributed by atoms with van der Waals surface area (Å²) in [4.78, 5) is 0. The number of aliphatic hydroxyl groups is 1. The highest BCUT2D eigenvalue weighted by Crippen LogP contribution is 2.10. The SMILES string of the molecule is OC[C@@H](Cc1ccccc1)NCc1ccc(F)cc1F. The standard InChI is InChI=1S/C16H17F2NO/c17-14-7-6-13(16(18)9-14)10-19-15(11-20)8-12-4-2-1-3-5-12/h1-7,9,15,19-20H,8,10-11H2/t15-/m1/s1. The predicted molar refractivity (Wildman–Crippen MR) is 74.2 cm³/mol. The molecule has 0 bridgehead atoms. The summed E-state index contributed by atoms with van der Waals surface area (Å²) in [6.45, 7) is 0.210. The first-order chi connectivity index (χ1) is 9.69. The highest BCUT2D eigenvalue weighted by atomic mass is 19.1. The molecule has 2 N–H and O–H groups in total. The van der Waals surface area contributed by atoms with E-state index in [0.29, 0.717) is 12.0 Å². The monoisotopic (exact) mass is 277 g/mol. The van der Waals surface area contributed by atoms with Gasteiger partial charge in [0.15, 0.2) is 0 Å². The van der Waals surface area contributed by atoms with E-state index in [1.54, 1.807) is 0 Å². The van der Waals surface area contributed by atoms with Gasteiger partial charge in [0, 0.05) is 24.2 Å². The lowest BCUT2D eigenvalue weighted by molar-refractivity contribution is 0.240. The van der Waals surface area contributed by atoms with Crippen LogP contribution in [0.15, 0.2) is 48.5 Å². The van der Waals surface area contributed by atoms with Crippen molar-refractivity contribution in [3.05, 3.63) is 71.3 Å². The molecule has 0 fully saturated rings. The molecular weight excluding hydrogens is 260 g/mol. The molecule has 0 amide bonds. The third-order valence-corrected chi connectivity index (χ3v) is 3.14. The van der Waals surface area contributed by atoms with E-state index >= 15 is 0 Å². The molecule has 0 aliphatic rings. The molecule has 2 aromatic rings. The fraction of sp³-hybridized carbons (Fsp3) is 0.250. The van der Waals surface area contributed by atoms with E-state index in [1.165, 1.54) is 12.1 Å². The molecule has 4 heteroatoms. The number of nitrogens with one attached hydrogen (secondary N) is 1. The number of halogens is 2. The maximum atomic E-state index is 13.5. The van der Waals surface area contributed by atoms with Crippen molar-refractivity contribution in [1.29, 1.82) is 0 Å². The van der Waals surface area contributed by atoms with Crippen LogP contribution in [0.4, 0.5) is 8.78 Å². The van der Waals surface area contributed by atoms with Crippen LogP contribution in [0.3, 0.4) is 0 Å². The molecular formula is C16H17F2NO. The van der Waals surface area contributed by atoms with E-state index in [9.17, 15) is 13.9 Å². The van der Waals surface area contributed by atoms with Gasteiger partial charge in [-0.3, -0.25) is 0 Å². The van der Waals surface area contributed by atoms with E-state index in [1.807, 2.05) is 30.3 Å². The minimum Gasteiger partial charge on any atom is -0.395 e. The summed E-state index contributed by atoms with van der Waals surface area (Å²) in [7, 11) is 0. The highest BCUT2D eigenvalue weighted by molar-refractivity contribution is 5.19. The van der Waals surface area contributed by atoms with Gasteiger partial charge in [-0.05, 0) is 18.1 Å². The van der Waals surface area contributed by atoms with Crippen LogP contribution in [-0.4, -0.2) is 17.8 Å². The predicted octanol–water partition coefficient (Wildman–Crippen LogP) is 2.66. The number of hydrogen-bond acceptors (Lipinski definition) is 2. The normalized spacial score (nSPS) is 12.3. The molecule has 0 radical (unpaired) electrons. The zero-order valence-corrected chi connectivity index (χ0v) is 11.0. The van der Waals surface area contributed by atoms with Crippen LogP contribution in [-0.2, 0) is 13.0 Å². The Morgan fingerprint density at radius 2 is 1.80 bits per heavy atom. The lowest BCUT2D eigenvalue weighted by Gasteiger charge is -2.16. The number of rotatable bonds is 6. The first-order valence-electron chi connectivity index (χ1n) is 6.51. The van der Waals surface area contributed by atoms with Gasteiger partial charge in [-0.25, -0.2) is 8.78 Å². The summed E-state index contributed by atoms with van der Waals surface area (Å²) >= 11 is 0. The van der Waals surface area contributed by atoms with Crippen LogP contribution in [0.2, 0.25) is 0 Å². The summed E-state index contributed by atoms with van der Waals surface area (Å²) in [6.07, 6.45) is 0.653. The highest BCUT2D eigenvalue weighted by Gasteiger charge is 2.10. The molecule has 2 aromatic carbocycles. The van der Waals surface area contributed by atoms with Gasteiger partial charge in [-0.15, -0.1) is 0 Å². The molecule has 20 heavy (non-hydrogen) atoms. The van der Waals surface area contributed by atoms with Crippen molar-refractivity contribution in [1.82, 2.24) is 5.32 Å². The third kappa shape index (κ3) is 4.11. The average Bonchev–Trinajstić information content (AvgIpc) is 2.46. The first-order valence-corrected chi connectivity index (χ1v) is 6.51. The molecule has 0 aromatic heterocycles. The third-order valence-electron chi connectivity index (χ3n) is 3.14. The van der Waals surface area contributed by atoms with Crippen molar-refractivity contribution in [3.63, 3.8) is 0 Å². The number of benzene rings is 2. The summed E-state index contributed by atoms with van der Waals surface area (Å²) in [5.74, 6) is -1.16.